The summed E-state index contributed by atoms with van der Waals surface area (Å²) in [4.78, 5) is 0. The first kappa shape index (κ1) is 10.3. The van der Waals surface area contributed by atoms with Gasteiger partial charge in [-0.3, -0.25) is 0 Å². The second-order valence-electron chi connectivity index (χ2n) is 4.20. The summed E-state index contributed by atoms with van der Waals surface area (Å²) >= 11 is 0. The van der Waals surface area contributed by atoms with Gasteiger partial charge in [0.1, 0.15) is 0 Å². The summed E-state index contributed by atoms with van der Waals surface area (Å²) in [5.41, 5.74) is 2.60. The van der Waals surface area contributed by atoms with Crippen LogP contribution in [0.3, 0.4) is 0 Å². The summed E-state index contributed by atoms with van der Waals surface area (Å²) in [6.45, 7) is 2.19. The van der Waals surface area contributed by atoms with E-state index in [1.165, 1.54) is 11.1 Å². The molecule has 0 heterocycles. The molecule has 0 amide bonds. The fourth-order valence-corrected chi connectivity index (χ4v) is 2.50. The zero-order valence-electron chi connectivity index (χ0n) is 9.24. The van der Waals surface area contributed by atoms with Crippen molar-refractivity contribution < 1.29 is 5.11 Å². The molecule has 0 aliphatic heterocycles. The number of benzene rings is 1. The second-order valence-corrected chi connectivity index (χ2v) is 4.20. The van der Waals surface area contributed by atoms with Crippen LogP contribution in [-0.2, 0) is 0 Å². The summed E-state index contributed by atoms with van der Waals surface area (Å²) in [5, 5.41) is 9.83. The van der Waals surface area contributed by atoms with E-state index in [2.05, 4.69) is 31.2 Å². The minimum Gasteiger partial charge on any atom is -0.512 e. The van der Waals surface area contributed by atoms with Gasteiger partial charge in [-0.15, -0.1) is 0 Å². The third kappa shape index (κ3) is 2.06. The fourth-order valence-electron chi connectivity index (χ4n) is 2.50. The third-order valence-electron chi connectivity index (χ3n) is 3.26. The molecule has 0 spiro atoms. The van der Waals surface area contributed by atoms with Crippen LogP contribution in [0.2, 0.25) is 0 Å². The molecule has 1 aliphatic rings. The highest BCUT2D eigenvalue weighted by Crippen LogP contribution is 2.37. The predicted octanol–water partition coefficient (Wildman–Crippen LogP) is 4.18. The van der Waals surface area contributed by atoms with Gasteiger partial charge in [0, 0.05) is 12.3 Å². The van der Waals surface area contributed by atoms with Gasteiger partial charge in [0.15, 0.2) is 0 Å². The number of hydrogen-bond acceptors (Lipinski definition) is 1. The first-order valence-corrected chi connectivity index (χ1v) is 5.78. The molecule has 0 bridgehead atoms. The van der Waals surface area contributed by atoms with Crippen molar-refractivity contribution in [2.45, 2.75) is 38.5 Å². The molecule has 0 saturated carbocycles. The number of allylic oxidation sites excluding steroid dienone is 2. The molecule has 0 fully saturated rings. The Kier molecular flexibility index (Phi) is 3.10. The van der Waals surface area contributed by atoms with Crippen molar-refractivity contribution in [2.24, 2.45) is 0 Å². The average Bonchev–Trinajstić information content (AvgIpc) is 2.68. The topological polar surface area (TPSA) is 20.2 Å². The quantitative estimate of drug-likeness (QED) is 0.779. The zero-order chi connectivity index (χ0) is 10.7. The van der Waals surface area contributed by atoms with E-state index in [1.54, 1.807) is 0 Å². The van der Waals surface area contributed by atoms with E-state index >= 15 is 0 Å². The monoisotopic (exact) mass is 202 g/mol. The number of hydrogen-bond donors (Lipinski definition) is 1. The van der Waals surface area contributed by atoms with Crippen molar-refractivity contribution in [3.63, 3.8) is 0 Å². The third-order valence-corrected chi connectivity index (χ3v) is 3.26. The molecule has 1 unspecified atom stereocenters. The van der Waals surface area contributed by atoms with Crippen LogP contribution in [0, 0.1) is 0 Å². The van der Waals surface area contributed by atoms with E-state index in [9.17, 15) is 5.11 Å². The van der Waals surface area contributed by atoms with Crippen molar-refractivity contribution >= 4 is 0 Å². The van der Waals surface area contributed by atoms with Gasteiger partial charge in [-0.25, -0.2) is 0 Å². The van der Waals surface area contributed by atoms with Gasteiger partial charge in [0.25, 0.3) is 0 Å². The largest absolute Gasteiger partial charge is 0.512 e. The summed E-state index contributed by atoms with van der Waals surface area (Å²) in [6.07, 6.45) is 4.13. The standard InChI is InChI=1S/C14H18O/c1-2-12(11-7-4-3-5-8-11)13-9-6-10-14(13)15/h3-5,7-8,12,15H,2,6,9-10H2,1H3. The minimum atomic E-state index is 0.425. The van der Waals surface area contributed by atoms with Gasteiger partial charge in [-0.1, -0.05) is 37.3 Å². The lowest BCUT2D eigenvalue weighted by Crippen LogP contribution is -2.01. The van der Waals surface area contributed by atoms with Crippen molar-refractivity contribution in [3.8, 4) is 0 Å². The predicted molar refractivity (Wildman–Crippen MR) is 63.0 cm³/mol. The Bertz CT molecular complexity index is 351. The first-order valence-electron chi connectivity index (χ1n) is 5.78. The van der Waals surface area contributed by atoms with Gasteiger partial charge in [0.05, 0.1) is 5.76 Å². The van der Waals surface area contributed by atoms with Gasteiger partial charge >= 0.3 is 0 Å². The van der Waals surface area contributed by atoms with Crippen LogP contribution in [0.5, 0.6) is 0 Å². The van der Waals surface area contributed by atoms with E-state index in [-0.39, 0.29) is 0 Å². The smallest absolute Gasteiger partial charge is 0.0920 e. The number of aliphatic hydroxyl groups excluding tert-OH is 1. The molecule has 1 atom stereocenters. The van der Waals surface area contributed by atoms with Crippen LogP contribution >= 0.6 is 0 Å². The summed E-state index contributed by atoms with van der Waals surface area (Å²) < 4.78 is 0. The van der Waals surface area contributed by atoms with E-state index < -0.39 is 0 Å². The summed E-state index contributed by atoms with van der Waals surface area (Å²) in [7, 11) is 0. The van der Waals surface area contributed by atoms with Gasteiger partial charge in [0.2, 0.25) is 0 Å². The molecule has 1 N–H and O–H groups in total. The van der Waals surface area contributed by atoms with Crippen LogP contribution in [0.15, 0.2) is 41.7 Å². The van der Waals surface area contributed by atoms with Crippen molar-refractivity contribution in [1.29, 1.82) is 0 Å². The number of rotatable bonds is 3. The maximum absolute atomic E-state index is 9.83. The molecule has 1 aromatic rings. The molecular formula is C14H18O. The van der Waals surface area contributed by atoms with Gasteiger partial charge in [-0.2, -0.15) is 0 Å². The Morgan fingerprint density at radius 3 is 2.47 bits per heavy atom. The molecule has 1 heteroatoms. The minimum absolute atomic E-state index is 0.425. The molecule has 1 aromatic carbocycles. The van der Waals surface area contributed by atoms with Crippen LogP contribution in [0.4, 0.5) is 0 Å². The Labute approximate surface area is 91.4 Å². The molecular weight excluding hydrogens is 184 g/mol. The summed E-state index contributed by atoms with van der Waals surface area (Å²) in [6, 6.07) is 10.5. The van der Waals surface area contributed by atoms with E-state index in [1.807, 2.05) is 6.07 Å². The second kappa shape index (κ2) is 4.52. The summed E-state index contributed by atoms with van der Waals surface area (Å²) in [5.74, 6) is 1.07. The molecule has 15 heavy (non-hydrogen) atoms. The fraction of sp³-hybridized carbons (Fsp3) is 0.429. The Hall–Kier alpha value is -1.24. The Morgan fingerprint density at radius 1 is 1.20 bits per heavy atom. The normalized spacial score (nSPS) is 18.2. The number of aliphatic hydroxyl groups is 1. The lowest BCUT2D eigenvalue weighted by molar-refractivity contribution is 0.389. The maximum atomic E-state index is 9.83. The van der Waals surface area contributed by atoms with Gasteiger partial charge in [-0.05, 0) is 30.4 Å². The highest BCUT2D eigenvalue weighted by molar-refractivity contribution is 5.31. The lowest BCUT2D eigenvalue weighted by Gasteiger charge is -2.17. The molecule has 0 radical (unpaired) electrons. The zero-order valence-corrected chi connectivity index (χ0v) is 9.24. The van der Waals surface area contributed by atoms with Crippen LogP contribution < -0.4 is 0 Å². The molecule has 1 aliphatic carbocycles. The Balaban J connectivity index is 2.29. The molecule has 2 rings (SSSR count). The Morgan fingerprint density at radius 2 is 1.93 bits per heavy atom. The molecule has 1 nitrogen and oxygen atoms in total. The van der Waals surface area contributed by atoms with Crippen molar-refractivity contribution in [1.82, 2.24) is 0 Å². The van der Waals surface area contributed by atoms with Crippen molar-refractivity contribution in [3.05, 3.63) is 47.2 Å². The first-order chi connectivity index (χ1) is 7.33. The molecule has 0 saturated heterocycles. The maximum Gasteiger partial charge on any atom is 0.0920 e. The van der Waals surface area contributed by atoms with Crippen molar-refractivity contribution in [2.75, 3.05) is 0 Å². The molecule has 0 aromatic heterocycles. The molecule has 80 valence electrons. The average molecular weight is 202 g/mol. The van der Waals surface area contributed by atoms with Crippen LogP contribution in [0.1, 0.15) is 44.1 Å². The highest BCUT2D eigenvalue weighted by atomic mass is 16.3. The highest BCUT2D eigenvalue weighted by Gasteiger charge is 2.22. The van der Waals surface area contributed by atoms with Crippen LogP contribution in [-0.4, -0.2) is 5.11 Å². The van der Waals surface area contributed by atoms with Gasteiger partial charge < -0.3 is 5.11 Å². The van der Waals surface area contributed by atoms with E-state index in [4.69, 9.17) is 0 Å². The SMILES string of the molecule is CCC(C1=C(O)CCC1)c1ccccc1. The van der Waals surface area contributed by atoms with E-state index in [0.717, 1.165) is 25.7 Å². The lowest BCUT2D eigenvalue weighted by atomic mass is 9.88. The van der Waals surface area contributed by atoms with E-state index in [0.29, 0.717) is 11.7 Å². The van der Waals surface area contributed by atoms with Crippen LogP contribution in [0.25, 0.3) is 0 Å².